The van der Waals surface area contributed by atoms with Crippen LogP contribution >= 0.6 is 23.4 Å². The number of aromatic nitrogens is 3. The number of hydrogen-bond acceptors (Lipinski definition) is 5. The van der Waals surface area contributed by atoms with Gasteiger partial charge in [0.15, 0.2) is 11.0 Å². The monoisotopic (exact) mass is 454 g/mol. The summed E-state index contributed by atoms with van der Waals surface area (Å²) in [5.74, 6) is -0.311. The first-order valence-electron chi connectivity index (χ1n) is 10.2. The van der Waals surface area contributed by atoms with Gasteiger partial charge >= 0.3 is 5.97 Å². The number of hydrogen-bond donors (Lipinski definition) is 1. The Balaban J connectivity index is 1.58. The van der Waals surface area contributed by atoms with Crippen LogP contribution in [0, 0.1) is 0 Å². The summed E-state index contributed by atoms with van der Waals surface area (Å²) in [6, 6.07) is 15.4. The molecular weight excluding hydrogens is 432 g/mol. The van der Waals surface area contributed by atoms with Crippen LogP contribution in [0.3, 0.4) is 0 Å². The van der Waals surface area contributed by atoms with Crippen molar-refractivity contribution in [2.75, 3.05) is 18.0 Å². The summed E-state index contributed by atoms with van der Waals surface area (Å²) in [5.41, 5.74) is 2.90. The molecule has 31 heavy (non-hydrogen) atoms. The first kappa shape index (κ1) is 21.5. The van der Waals surface area contributed by atoms with Crippen molar-refractivity contribution in [1.82, 2.24) is 14.8 Å². The van der Waals surface area contributed by atoms with Crippen LogP contribution in [-0.4, -0.2) is 38.9 Å². The van der Waals surface area contributed by atoms with E-state index in [-0.39, 0.29) is 4.91 Å². The molecule has 0 unspecified atom stereocenters. The van der Waals surface area contributed by atoms with E-state index in [1.54, 1.807) is 18.2 Å². The van der Waals surface area contributed by atoms with Crippen molar-refractivity contribution < 1.29 is 9.90 Å². The summed E-state index contributed by atoms with van der Waals surface area (Å²) in [5, 5.41) is 19.5. The van der Waals surface area contributed by atoms with Crippen molar-refractivity contribution in [3.8, 4) is 11.4 Å². The average molecular weight is 455 g/mol. The highest BCUT2D eigenvalue weighted by Crippen LogP contribution is 2.31. The van der Waals surface area contributed by atoms with Crippen molar-refractivity contribution in [2.24, 2.45) is 0 Å². The summed E-state index contributed by atoms with van der Waals surface area (Å²) in [6.45, 7) is 4.75. The van der Waals surface area contributed by atoms with E-state index >= 15 is 0 Å². The summed E-state index contributed by atoms with van der Waals surface area (Å²) in [6.07, 6.45) is 4.12. The minimum absolute atomic E-state index is 0.193. The number of nitrogens with zero attached hydrogens (tertiary/aromatic N) is 4. The van der Waals surface area contributed by atoms with Crippen LogP contribution in [0.1, 0.15) is 25.3 Å². The third kappa shape index (κ3) is 4.94. The number of anilines is 1. The molecule has 0 amide bonds. The van der Waals surface area contributed by atoms with Crippen molar-refractivity contribution in [3.05, 3.63) is 64.0 Å². The molecule has 0 spiro atoms. The Morgan fingerprint density at radius 2 is 1.77 bits per heavy atom. The number of halogens is 1. The molecule has 0 atom stereocenters. The molecule has 1 saturated heterocycles. The third-order valence-electron chi connectivity index (χ3n) is 5.21. The topological polar surface area (TPSA) is 71.2 Å². The molecule has 1 aliphatic heterocycles. The summed E-state index contributed by atoms with van der Waals surface area (Å²) < 4.78 is 1.90. The Hall–Kier alpha value is -2.77. The molecule has 160 valence electrons. The molecule has 2 aromatic carbocycles. The molecule has 1 N–H and O–H groups in total. The zero-order valence-electron chi connectivity index (χ0n) is 17.2. The molecule has 0 radical (unpaired) electrons. The molecule has 3 aromatic rings. The van der Waals surface area contributed by atoms with E-state index in [0.717, 1.165) is 36.0 Å². The van der Waals surface area contributed by atoms with Crippen LogP contribution < -0.4 is 4.90 Å². The zero-order valence-corrected chi connectivity index (χ0v) is 18.7. The maximum absolute atomic E-state index is 11.9. The Morgan fingerprint density at radius 1 is 1.10 bits per heavy atom. The highest BCUT2D eigenvalue weighted by Gasteiger charge is 2.18. The lowest BCUT2D eigenvalue weighted by Crippen LogP contribution is -2.17. The molecule has 0 aliphatic carbocycles. The van der Waals surface area contributed by atoms with Gasteiger partial charge in [0.05, 0.1) is 0 Å². The quantitative estimate of drug-likeness (QED) is 0.378. The summed E-state index contributed by atoms with van der Waals surface area (Å²) in [7, 11) is 0. The molecule has 2 heterocycles. The number of aliphatic carboxylic acids is 1. The average Bonchev–Trinajstić information content (AvgIpc) is 3.44. The van der Waals surface area contributed by atoms with Gasteiger partial charge in [-0.1, -0.05) is 23.7 Å². The van der Waals surface area contributed by atoms with Gasteiger partial charge in [-0.05, 0) is 79.6 Å². The fraction of sp³-hybridized carbons (Fsp3) is 0.261. The number of carbonyl (C=O) groups is 1. The summed E-state index contributed by atoms with van der Waals surface area (Å²) in [4.78, 5) is 14.5. The van der Waals surface area contributed by atoms with Crippen LogP contribution in [0.4, 0.5) is 5.69 Å². The van der Waals surface area contributed by atoms with E-state index in [2.05, 4.69) is 27.2 Å². The number of rotatable bonds is 7. The number of carboxylic acids is 1. The number of carboxylic acid groups (broad SMARTS) is 1. The van der Waals surface area contributed by atoms with Crippen LogP contribution in [0.15, 0.2) is 58.6 Å². The van der Waals surface area contributed by atoms with Crippen molar-refractivity contribution >= 4 is 41.1 Å². The predicted molar refractivity (Wildman–Crippen MR) is 126 cm³/mol. The van der Waals surface area contributed by atoms with Gasteiger partial charge in [0, 0.05) is 35.9 Å². The van der Waals surface area contributed by atoms with Crippen molar-refractivity contribution in [3.63, 3.8) is 0 Å². The Morgan fingerprint density at radius 3 is 2.39 bits per heavy atom. The minimum atomic E-state index is -0.993. The smallest absolute Gasteiger partial charge is 0.342 e. The van der Waals surface area contributed by atoms with Crippen LogP contribution in [0.2, 0.25) is 5.02 Å². The zero-order chi connectivity index (χ0) is 21.8. The van der Waals surface area contributed by atoms with E-state index in [1.807, 2.05) is 35.8 Å². The fourth-order valence-electron chi connectivity index (χ4n) is 3.60. The van der Waals surface area contributed by atoms with E-state index in [1.165, 1.54) is 18.5 Å². The third-order valence-corrected chi connectivity index (χ3v) is 6.46. The predicted octanol–water partition coefficient (Wildman–Crippen LogP) is 5.44. The SMILES string of the molecule is CCn1c(S/C(=C/c2ccc(N3CCCC3)cc2)C(=O)O)nnc1-c1ccc(Cl)cc1. The molecule has 1 fully saturated rings. The molecule has 0 saturated carbocycles. The Kier molecular flexibility index (Phi) is 6.63. The van der Waals surface area contributed by atoms with Crippen molar-refractivity contribution in [2.45, 2.75) is 31.5 Å². The summed E-state index contributed by atoms with van der Waals surface area (Å²) >= 11 is 7.09. The second kappa shape index (κ2) is 9.58. The first-order valence-corrected chi connectivity index (χ1v) is 11.4. The van der Waals surface area contributed by atoms with Crippen molar-refractivity contribution in [1.29, 1.82) is 0 Å². The molecule has 4 rings (SSSR count). The molecule has 6 nitrogen and oxygen atoms in total. The number of benzene rings is 2. The second-order valence-electron chi connectivity index (χ2n) is 7.26. The van der Waals surface area contributed by atoms with E-state index in [4.69, 9.17) is 11.6 Å². The molecular formula is C23H23ClN4O2S. The largest absolute Gasteiger partial charge is 0.477 e. The van der Waals surface area contributed by atoms with Gasteiger partial charge in [0.25, 0.3) is 0 Å². The van der Waals surface area contributed by atoms with E-state index < -0.39 is 5.97 Å². The molecule has 1 aliphatic rings. The van der Waals surface area contributed by atoms with Gasteiger partial charge in [-0.15, -0.1) is 10.2 Å². The lowest BCUT2D eigenvalue weighted by molar-refractivity contribution is -0.131. The van der Waals surface area contributed by atoms with Gasteiger partial charge in [-0.25, -0.2) is 4.79 Å². The van der Waals surface area contributed by atoms with Gasteiger partial charge < -0.3 is 14.6 Å². The molecule has 1 aromatic heterocycles. The Labute approximate surface area is 190 Å². The van der Waals surface area contributed by atoms with Gasteiger partial charge in [-0.2, -0.15) is 0 Å². The highest BCUT2D eigenvalue weighted by atomic mass is 35.5. The lowest BCUT2D eigenvalue weighted by atomic mass is 10.2. The van der Waals surface area contributed by atoms with Crippen LogP contribution in [0.5, 0.6) is 0 Å². The number of thioether (sulfide) groups is 1. The molecule has 0 bridgehead atoms. The lowest BCUT2D eigenvalue weighted by Gasteiger charge is -2.17. The van der Waals surface area contributed by atoms with E-state index in [9.17, 15) is 9.90 Å². The standard InChI is InChI=1S/C23H23ClN4O2S/c1-2-28-21(17-7-9-18(24)10-8-17)25-26-23(28)31-20(22(29)30)15-16-5-11-19(12-6-16)27-13-3-4-14-27/h5-12,15H,2-4,13-14H2,1H3,(H,29,30)/b20-15+. The highest BCUT2D eigenvalue weighted by molar-refractivity contribution is 8.04. The molecule has 8 heteroatoms. The van der Waals surface area contributed by atoms with Gasteiger partial charge in [0.1, 0.15) is 4.91 Å². The van der Waals surface area contributed by atoms with E-state index in [0.29, 0.717) is 22.5 Å². The second-order valence-corrected chi connectivity index (χ2v) is 8.70. The maximum atomic E-state index is 11.9. The van der Waals surface area contributed by atoms with Crippen LogP contribution in [0.25, 0.3) is 17.5 Å². The van der Waals surface area contributed by atoms with Gasteiger partial charge in [0.2, 0.25) is 0 Å². The first-order chi connectivity index (χ1) is 15.0. The fourth-order valence-corrected chi connectivity index (χ4v) is 4.62. The normalized spacial score (nSPS) is 14.3. The van der Waals surface area contributed by atoms with Gasteiger partial charge in [-0.3, -0.25) is 0 Å². The Bertz CT molecular complexity index is 1090. The maximum Gasteiger partial charge on any atom is 0.342 e. The van der Waals surface area contributed by atoms with Crippen LogP contribution in [-0.2, 0) is 11.3 Å². The minimum Gasteiger partial charge on any atom is -0.477 e.